The molecule has 0 amide bonds. The van der Waals surface area contributed by atoms with Crippen molar-refractivity contribution in [1.82, 2.24) is 0 Å². The highest BCUT2D eigenvalue weighted by Crippen LogP contribution is 2.59. The molecule has 0 atom stereocenters. The third-order valence-electron chi connectivity index (χ3n) is 8.31. The van der Waals surface area contributed by atoms with Gasteiger partial charge in [-0.1, -0.05) is 75.6 Å². The summed E-state index contributed by atoms with van der Waals surface area (Å²) in [5.74, 6) is 0.295. The summed E-state index contributed by atoms with van der Waals surface area (Å²) < 4.78 is 5.44. The van der Waals surface area contributed by atoms with Gasteiger partial charge in [-0.25, -0.2) is 4.79 Å². The second kappa shape index (κ2) is 10.7. The van der Waals surface area contributed by atoms with Crippen molar-refractivity contribution in [2.75, 3.05) is 0 Å². The normalized spacial score (nSPS) is 24.3. The minimum absolute atomic E-state index is 0.300. The predicted molar refractivity (Wildman–Crippen MR) is 138 cm³/mol. The fraction of sp³-hybridized carbons (Fsp3) is 0.516. The Morgan fingerprint density at radius 3 is 2.00 bits per heavy atom. The van der Waals surface area contributed by atoms with Crippen LogP contribution in [0.2, 0.25) is 0 Å². The first-order valence-electron chi connectivity index (χ1n) is 13.2. The SMILES string of the molecule is CCCCCC=CC(=O)Oc1ccc(-c2ccc(C34CCC(CCC)(CC3)CC4)cc2)cc1. The number of hydrogen-bond donors (Lipinski definition) is 0. The minimum atomic E-state index is -0.300. The molecule has 5 rings (SSSR count). The van der Waals surface area contributed by atoms with Gasteiger partial charge in [0.2, 0.25) is 0 Å². The molecule has 3 fully saturated rings. The molecule has 0 saturated heterocycles. The fourth-order valence-electron chi connectivity index (χ4n) is 6.18. The number of fused-ring (bicyclic) bond motifs is 3. The first-order valence-corrected chi connectivity index (χ1v) is 13.2. The van der Waals surface area contributed by atoms with Gasteiger partial charge in [0, 0.05) is 6.08 Å². The lowest BCUT2D eigenvalue weighted by atomic mass is 9.51. The van der Waals surface area contributed by atoms with E-state index in [1.165, 1.54) is 75.3 Å². The second-order valence-electron chi connectivity index (χ2n) is 10.5. The summed E-state index contributed by atoms with van der Waals surface area (Å²) in [6.45, 7) is 4.52. The Labute approximate surface area is 200 Å². The highest BCUT2D eigenvalue weighted by atomic mass is 16.5. The van der Waals surface area contributed by atoms with E-state index in [0.717, 1.165) is 18.4 Å². The summed E-state index contributed by atoms with van der Waals surface area (Å²) in [7, 11) is 0. The Kier molecular flexibility index (Phi) is 7.73. The van der Waals surface area contributed by atoms with Crippen LogP contribution < -0.4 is 4.74 Å². The van der Waals surface area contributed by atoms with Gasteiger partial charge in [-0.15, -0.1) is 0 Å². The topological polar surface area (TPSA) is 26.3 Å². The summed E-state index contributed by atoms with van der Waals surface area (Å²) in [6.07, 6.45) is 19.0. The van der Waals surface area contributed by atoms with E-state index in [1.807, 2.05) is 30.3 Å². The molecule has 2 heteroatoms. The zero-order chi connectivity index (χ0) is 23.2. The van der Waals surface area contributed by atoms with Gasteiger partial charge >= 0.3 is 5.97 Å². The molecule has 0 aliphatic heterocycles. The Hall–Kier alpha value is -2.35. The average molecular weight is 445 g/mol. The van der Waals surface area contributed by atoms with E-state index in [-0.39, 0.29) is 5.97 Å². The number of allylic oxidation sites excluding steroid dienone is 1. The molecule has 3 saturated carbocycles. The number of ether oxygens (including phenoxy) is 1. The standard InChI is InChI=1S/C31H40O2/c1-3-5-6-7-8-9-29(32)33-28-16-12-26(13-17-28)25-10-14-27(15-11-25)31-22-19-30(18-4-2,20-23-31)21-24-31/h8-17H,3-7,18-24H2,1-2H3. The van der Waals surface area contributed by atoms with Crippen LogP contribution in [0.3, 0.4) is 0 Å². The summed E-state index contributed by atoms with van der Waals surface area (Å²) >= 11 is 0. The van der Waals surface area contributed by atoms with Crippen molar-refractivity contribution in [3.8, 4) is 16.9 Å². The molecule has 3 aliphatic rings. The van der Waals surface area contributed by atoms with Crippen molar-refractivity contribution >= 4 is 5.97 Å². The first kappa shape index (κ1) is 23.8. The van der Waals surface area contributed by atoms with Gasteiger partial charge in [0.05, 0.1) is 0 Å². The van der Waals surface area contributed by atoms with E-state index < -0.39 is 0 Å². The zero-order valence-electron chi connectivity index (χ0n) is 20.6. The molecular formula is C31H40O2. The molecule has 2 bridgehead atoms. The minimum Gasteiger partial charge on any atom is -0.423 e. The van der Waals surface area contributed by atoms with Gasteiger partial charge in [-0.05, 0) is 97.4 Å². The van der Waals surface area contributed by atoms with Crippen molar-refractivity contribution < 1.29 is 9.53 Å². The molecule has 0 unspecified atom stereocenters. The molecule has 0 heterocycles. The number of carbonyl (C=O) groups excluding carboxylic acids is 1. The molecule has 2 aromatic rings. The molecule has 0 aromatic heterocycles. The van der Waals surface area contributed by atoms with Crippen LogP contribution in [-0.4, -0.2) is 5.97 Å². The predicted octanol–water partition coefficient (Wildman–Crippen LogP) is 8.79. The fourth-order valence-corrected chi connectivity index (χ4v) is 6.18. The molecule has 0 N–H and O–H groups in total. The van der Waals surface area contributed by atoms with Crippen LogP contribution in [0.15, 0.2) is 60.7 Å². The van der Waals surface area contributed by atoms with Gasteiger partial charge in [-0.2, -0.15) is 0 Å². The third-order valence-corrected chi connectivity index (χ3v) is 8.31. The van der Waals surface area contributed by atoms with Crippen LogP contribution in [0.25, 0.3) is 11.1 Å². The Morgan fingerprint density at radius 1 is 0.818 bits per heavy atom. The zero-order valence-corrected chi connectivity index (χ0v) is 20.6. The van der Waals surface area contributed by atoms with Gasteiger partial charge in [0.15, 0.2) is 0 Å². The quantitative estimate of drug-likeness (QED) is 0.158. The molecule has 0 spiro atoms. The lowest BCUT2D eigenvalue weighted by Gasteiger charge is -2.54. The van der Waals surface area contributed by atoms with Gasteiger partial charge < -0.3 is 4.74 Å². The van der Waals surface area contributed by atoms with Gasteiger partial charge in [0.25, 0.3) is 0 Å². The summed E-state index contributed by atoms with van der Waals surface area (Å²) in [5, 5.41) is 0. The van der Waals surface area contributed by atoms with Crippen LogP contribution >= 0.6 is 0 Å². The largest absolute Gasteiger partial charge is 0.423 e. The van der Waals surface area contributed by atoms with Gasteiger partial charge in [-0.3, -0.25) is 0 Å². The Bertz CT molecular complexity index is 911. The molecule has 33 heavy (non-hydrogen) atoms. The maximum absolute atomic E-state index is 12.0. The van der Waals surface area contributed by atoms with Crippen LogP contribution in [-0.2, 0) is 10.2 Å². The van der Waals surface area contributed by atoms with Crippen molar-refractivity contribution in [1.29, 1.82) is 0 Å². The average Bonchev–Trinajstić information content (AvgIpc) is 2.86. The smallest absolute Gasteiger partial charge is 0.335 e. The van der Waals surface area contributed by atoms with E-state index in [0.29, 0.717) is 16.6 Å². The highest BCUT2D eigenvalue weighted by Gasteiger charge is 2.48. The van der Waals surface area contributed by atoms with E-state index in [2.05, 4.69) is 38.1 Å². The van der Waals surface area contributed by atoms with Crippen LogP contribution in [0.4, 0.5) is 0 Å². The molecule has 176 valence electrons. The summed E-state index contributed by atoms with van der Waals surface area (Å²) in [5.41, 5.74) is 4.98. The Morgan fingerprint density at radius 2 is 1.42 bits per heavy atom. The lowest BCUT2D eigenvalue weighted by Crippen LogP contribution is -2.44. The monoisotopic (exact) mass is 444 g/mol. The number of hydrogen-bond acceptors (Lipinski definition) is 2. The first-order chi connectivity index (χ1) is 16.1. The number of benzene rings is 2. The maximum atomic E-state index is 12.0. The number of esters is 1. The third kappa shape index (κ3) is 5.60. The molecule has 0 radical (unpaired) electrons. The Balaban J connectivity index is 1.34. The van der Waals surface area contributed by atoms with Crippen LogP contribution in [0, 0.1) is 5.41 Å². The highest BCUT2D eigenvalue weighted by molar-refractivity contribution is 5.84. The van der Waals surface area contributed by atoms with E-state index >= 15 is 0 Å². The van der Waals surface area contributed by atoms with Crippen molar-refractivity contribution in [3.63, 3.8) is 0 Å². The molecule has 3 aliphatic carbocycles. The number of unbranched alkanes of at least 4 members (excludes halogenated alkanes) is 3. The van der Waals surface area contributed by atoms with Crippen LogP contribution in [0.5, 0.6) is 5.75 Å². The lowest BCUT2D eigenvalue weighted by molar-refractivity contribution is -0.129. The van der Waals surface area contributed by atoms with Crippen molar-refractivity contribution in [2.24, 2.45) is 5.41 Å². The maximum Gasteiger partial charge on any atom is 0.335 e. The van der Waals surface area contributed by atoms with E-state index in [9.17, 15) is 4.79 Å². The molecule has 2 nitrogen and oxygen atoms in total. The number of rotatable bonds is 10. The van der Waals surface area contributed by atoms with Crippen LogP contribution in [0.1, 0.15) is 96.5 Å². The van der Waals surface area contributed by atoms with Crippen molar-refractivity contribution in [3.05, 3.63) is 66.2 Å². The van der Waals surface area contributed by atoms with Gasteiger partial charge in [0.1, 0.15) is 5.75 Å². The number of carbonyl (C=O) groups is 1. The van der Waals surface area contributed by atoms with E-state index in [1.54, 1.807) is 6.08 Å². The molecular weight excluding hydrogens is 404 g/mol. The summed E-state index contributed by atoms with van der Waals surface area (Å²) in [6, 6.07) is 17.1. The van der Waals surface area contributed by atoms with E-state index in [4.69, 9.17) is 4.74 Å². The summed E-state index contributed by atoms with van der Waals surface area (Å²) in [4.78, 5) is 12.0. The second-order valence-corrected chi connectivity index (χ2v) is 10.5. The van der Waals surface area contributed by atoms with Crippen molar-refractivity contribution in [2.45, 2.75) is 96.3 Å². The molecule has 2 aromatic carbocycles.